The zero-order valence-electron chi connectivity index (χ0n) is 3.12. The Kier molecular flexibility index (Phi) is 474. The van der Waals surface area contributed by atoms with Gasteiger partial charge in [0.2, 0.25) is 0 Å². The van der Waals surface area contributed by atoms with Crippen LogP contribution < -0.4 is 6.15 Å². The van der Waals surface area contributed by atoms with Gasteiger partial charge in [0.15, 0.2) is 0 Å². The van der Waals surface area contributed by atoms with E-state index in [1.54, 1.807) is 0 Å². The molecule has 0 spiro atoms. The molecule has 0 saturated carbocycles. The standard InChI is InChI=1S/BrH.K.H3N.2H2O/h1H;;1H3;2*1H2. The zero-order chi connectivity index (χ0) is 0. The van der Waals surface area contributed by atoms with Gasteiger partial charge in [-0.3, -0.25) is 0 Å². The Morgan fingerprint density at radius 2 is 0.800 bits per heavy atom. The molecule has 0 aliphatic heterocycles. The van der Waals surface area contributed by atoms with Crippen molar-refractivity contribution in [3.63, 3.8) is 0 Å². The van der Waals surface area contributed by atoms with E-state index in [2.05, 4.69) is 0 Å². The van der Waals surface area contributed by atoms with E-state index in [1.165, 1.54) is 0 Å². The average molecular weight is 173 g/mol. The Hall–Kier alpha value is 2.00. The van der Waals surface area contributed by atoms with E-state index < -0.39 is 0 Å². The molecule has 0 aromatic heterocycles. The molecule has 0 aliphatic carbocycles. The van der Waals surface area contributed by atoms with Crippen molar-refractivity contribution in [1.29, 1.82) is 0 Å². The van der Waals surface area contributed by atoms with E-state index in [0.717, 1.165) is 0 Å². The number of hydrogen-bond acceptors (Lipinski definition) is 1. The van der Waals surface area contributed by atoms with Crippen molar-refractivity contribution < 1.29 is 11.0 Å². The second-order valence-electron chi connectivity index (χ2n) is 0. The first kappa shape index (κ1) is 63.1. The largest absolute Gasteiger partial charge is 0.412 e. The van der Waals surface area contributed by atoms with Crippen LogP contribution in [0.4, 0.5) is 0 Å². The van der Waals surface area contributed by atoms with E-state index in [4.69, 9.17) is 0 Å². The van der Waals surface area contributed by atoms with E-state index >= 15 is 0 Å². The fourth-order valence-corrected chi connectivity index (χ4v) is 0. The Bertz CT molecular complexity index is 9.61. The molecule has 33 valence electrons. The SMILES string of the molecule is Br.N.O.O.[K]. The summed E-state index contributed by atoms with van der Waals surface area (Å²) >= 11 is 0. The van der Waals surface area contributed by atoms with E-state index in [9.17, 15) is 0 Å². The molecule has 5 heteroatoms. The van der Waals surface area contributed by atoms with Gasteiger partial charge in [-0.15, -0.1) is 17.0 Å². The Morgan fingerprint density at radius 3 is 0.800 bits per heavy atom. The van der Waals surface area contributed by atoms with Gasteiger partial charge in [-0.05, 0) is 0 Å². The van der Waals surface area contributed by atoms with Gasteiger partial charge in [-0.25, -0.2) is 0 Å². The Balaban J connectivity index is 0. The predicted octanol–water partition coefficient (Wildman–Crippen LogP) is -1.29. The molecule has 0 aromatic carbocycles. The van der Waals surface area contributed by atoms with E-state index in [-0.39, 0.29) is 85.5 Å². The van der Waals surface area contributed by atoms with Gasteiger partial charge in [-0.1, -0.05) is 0 Å². The molecule has 0 fully saturated rings. The van der Waals surface area contributed by atoms with Crippen LogP contribution in [0.5, 0.6) is 0 Å². The normalized spacial score (nSPS) is 0. The van der Waals surface area contributed by atoms with Gasteiger partial charge in [-0.2, -0.15) is 0 Å². The molecule has 0 atom stereocenters. The summed E-state index contributed by atoms with van der Waals surface area (Å²) in [6.45, 7) is 0. The summed E-state index contributed by atoms with van der Waals surface area (Å²) in [5, 5.41) is 0. The summed E-state index contributed by atoms with van der Waals surface area (Å²) in [4.78, 5) is 0. The third-order valence-corrected chi connectivity index (χ3v) is 0. The number of halogens is 1. The first-order chi connectivity index (χ1) is 0. The monoisotopic (exact) mass is 172 g/mol. The summed E-state index contributed by atoms with van der Waals surface area (Å²) in [5.74, 6) is 0. The minimum Gasteiger partial charge on any atom is -0.412 e. The van der Waals surface area contributed by atoms with Crippen LogP contribution in [-0.4, -0.2) is 62.3 Å². The quantitative estimate of drug-likeness (QED) is 0.453. The van der Waals surface area contributed by atoms with Crippen LogP contribution in [0.1, 0.15) is 0 Å². The van der Waals surface area contributed by atoms with Crippen LogP contribution in [0.15, 0.2) is 0 Å². The zero-order valence-corrected chi connectivity index (χ0v) is 7.95. The average Bonchev–Trinajstić information content (AvgIpc) is 0. The molecule has 0 bridgehead atoms. The van der Waals surface area contributed by atoms with Gasteiger partial charge in [0, 0.05) is 51.4 Å². The van der Waals surface area contributed by atoms with E-state index in [0.29, 0.717) is 0 Å². The maximum atomic E-state index is 0. The maximum Gasteiger partial charge on any atom is 0 e. The van der Waals surface area contributed by atoms with Crippen LogP contribution in [0.25, 0.3) is 0 Å². The molecule has 0 aromatic rings. The second-order valence-corrected chi connectivity index (χ2v) is 0. The molecule has 3 nitrogen and oxygen atoms in total. The van der Waals surface area contributed by atoms with Crippen molar-refractivity contribution in [1.82, 2.24) is 6.15 Å². The minimum absolute atomic E-state index is 0. The van der Waals surface area contributed by atoms with Crippen molar-refractivity contribution in [3.8, 4) is 0 Å². The summed E-state index contributed by atoms with van der Waals surface area (Å²) in [6.07, 6.45) is 0. The van der Waals surface area contributed by atoms with Crippen molar-refractivity contribution >= 4 is 68.4 Å². The van der Waals surface area contributed by atoms with Gasteiger partial charge >= 0.3 is 0 Å². The van der Waals surface area contributed by atoms with Gasteiger partial charge in [0.05, 0.1) is 0 Å². The molecule has 0 unspecified atom stereocenters. The molecular weight excluding hydrogens is 165 g/mol. The van der Waals surface area contributed by atoms with Crippen LogP contribution in [0.2, 0.25) is 0 Å². The van der Waals surface area contributed by atoms with Gasteiger partial charge in [0.25, 0.3) is 0 Å². The van der Waals surface area contributed by atoms with Gasteiger partial charge < -0.3 is 17.1 Å². The predicted molar refractivity (Wildman–Crippen MR) is 28.3 cm³/mol. The minimum atomic E-state index is 0. The second kappa shape index (κ2) is 37.6. The Labute approximate surface area is 83.9 Å². The van der Waals surface area contributed by atoms with Gasteiger partial charge in [0.1, 0.15) is 0 Å². The third kappa shape index (κ3) is 24.0. The molecule has 0 heterocycles. The molecular formula is H8BrKNO2. The summed E-state index contributed by atoms with van der Waals surface area (Å²) in [6, 6.07) is 0. The van der Waals surface area contributed by atoms with Crippen molar-refractivity contribution in [3.05, 3.63) is 0 Å². The molecule has 0 amide bonds. The smallest absolute Gasteiger partial charge is 0 e. The fourth-order valence-electron chi connectivity index (χ4n) is 0. The molecule has 0 rings (SSSR count). The van der Waals surface area contributed by atoms with Crippen molar-refractivity contribution in [2.75, 3.05) is 0 Å². The molecule has 0 saturated heterocycles. The third-order valence-electron chi connectivity index (χ3n) is 0. The van der Waals surface area contributed by atoms with Crippen LogP contribution in [0, 0.1) is 0 Å². The van der Waals surface area contributed by atoms with Crippen molar-refractivity contribution in [2.45, 2.75) is 0 Å². The number of rotatable bonds is 0. The first-order valence-corrected chi connectivity index (χ1v) is 0. The molecule has 1 radical (unpaired) electrons. The van der Waals surface area contributed by atoms with E-state index in [1.807, 2.05) is 0 Å². The topological polar surface area (TPSA) is 98.0 Å². The fraction of sp³-hybridized carbons (Fsp3) is 0. The van der Waals surface area contributed by atoms with Crippen molar-refractivity contribution in [2.24, 2.45) is 0 Å². The van der Waals surface area contributed by atoms with Crippen LogP contribution >= 0.6 is 17.0 Å². The Morgan fingerprint density at radius 1 is 0.800 bits per heavy atom. The molecule has 0 aliphatic rings. The summed E-state index contributed by atoms with van der Waals surface area (Å²) in [7, 11) is 0. The summed E-state index contributed by atoms with van der Waals surface area (Å²) in [5.41, 5.74) is 0. The van der Waals surface area contributed by atoms with Crippen LogP contribution in [-0.2, 0) is 0 Å². The van der Waals surface area contributed by atoms with Crippen LogP contribution in [0.3, 0.4) is 0 Å². The number of hydrogen-bond donors (Lipinski definition) is 1. The maximum absolute atomic E-state index is 0. The summed E-state index contributed by atoms with van der Waals surface area (Å²) < 4.78 is 0. The molecule has 5 heavy (non-hydrogen) atoms. The first-order valence-electron chi connectivity index (χ1n) is 0. The molecule has 7 N–H and O–H groups in total.